The number of pyridine rings is 1. The van der Waals surface area contributed by atoms with E-state index in [9.17, 15) is 9.59 Å². The Morgan fingerprint density at radius 1 is 1.67 bits per heavy atom. The summed E-state index contributed by atoms with van der Waals surface area (Å²) in [5.41, 5.74) is -0.242. The number of terminal acetylenes is 1. The zero-order valence-electron chi connectivity index (χ0n) is 9.71. The Labute approximate surface area is 104 Å². The normalized spacial score (nSPS) is 11.1. The number of carbonyl (C=O) groups is 2. The van der Waals surface area contributed by atoms with Gasteiger partial charge in [0.2, 0.25) is 0 Å². The number of carboxylic acids is 1. The van der Waals surface area contributed by atoms with Crippen LogP contribution in [0.2, 0.25) is 0 Å². The summed E-state index contributed by atoms with van der Waals surface area (Å²) in [5, 5.41) is 11.3. The van der Waals surface area contributed by atoms with Crippen molar-refractivity contribution in [2.24, 2.45) is 0 Å². The van der Waals surface area contributed by atoms with E-state index in [0.717, 1.165) is 0 Å². The molecule has 1 rings (SSSR count). The Morgan fingerprint density at radius 3 is 3.00 bits per heavy atom. The Hall–Kier alpha value is -2.55. The SMILES string of the molecule is C#CCNC(=O)C(C)Oc1cccnc1C(=O)O. The highest BCUT2D eigenvalue weighted by Gasteiger charge is 2.18. The minimum absolute atomic E-state index is 0.0355. The van der Waals surface area contributed by atoms with Crippen LogP contribution in [0.25, 0.3) is 0 Å². The van der Waals surface area contributed by atoms with Crippen molar-refractivity contribution in [2.45, 2.75) is 13.0 Å². The minimum Gasteiger partial charge on any atom is -0.478 e. The van der Waals surface area contributed by atoms with Crippen molar-refractivity contribution in [3.05, 3.63) is 24.0 Å². The molecule has 0 saturated heterocycles. The fraction of sp³-hybridized carbons (Fsp3) is 0.250. The van der Waals surface area contributed by atoms with Crippen LogP contribution in [0.1, 0.15) is 17.4 Å². The average Bonchev–Trinajstić information content (AvgIpc) is 2.36. The summed E-state index contributed by atoms with van der Waals surface area (Å²) in [6.07, 6.45) is 5.47. The fourth-order valence-electron chi connectivity index (χ4n) is 1.17. The summed E-state index contributed by atoms with van der Waals surface area (Å²) < 4.78 is 5.24. The van der Waals surface area contributed by atoms with Gasteiger partial charge in [0.25, 0.3) is 5.91 Å². The molecule has 1 unspecified atom stereocenters. The molecule has 0 aliphatic carbocycles. The standard InChI is InChI=1S/C12H12N2O4/c1-3-6-14-11(15)8(2)18-9-5-4-7-13-10(9)12(16)17/h1,4-5,7-8H,6H2,2H3,(H,14,15)(H,16,17). The summed E-state index contributed by atoms with van der Waals surface area (Å²) in [6, 6.07) is 2.95. The lowest BCUT2D eigenvalue weighted by atomic mass is 10.3. The second-order valence-corrected chi connectivity index (χ2v) is 3.34. The Kier molecular flexibility index (Phi) is 4.69. The zero-order valence-corrected chi connectivity index (χ0v) is 9.71. The molecule has 1 aromatic rings. The van der Waals surface area contributed by atoms with Crippen LogP contribution in [-0.4, -0.2) is 34.6 Å². The van der Waals surface area contributed by atoms with Crippen molar-refractivity contribution in [1.82, 2.24) is 10.3 Å². The third kappa shape index (κ3) is 3.49. The van der Waals surface area contributed by atoms with Crippen molar-refractivity contribution in [3.8, 4) is 18.1 Å². The number of aromatic nitrogens is 1. The first-order valence-electron chi connectivity index (χ1n) is 5.12. The third-order valence-electron chi connectivity index (χ3n) is 2.01. The van der Waals surface area contributed by atoms with Gasteiger partial charge in [-0.05, 0) is 19.1 Å². The molecule has 0 radical (unpaired) electrons. The lowest BCUT2D eigenvalue weighted by Crippen LogP contribution is -2.36. The first-order chi connectivity index (χ1) is 8.56. The van der Waals surface area contributed by atoms with Crippen LogP contribution < -0.4 is 10.1 Å². The summed E-state index contributed by atoms with van der Waals surface area (Å²) >= 11 is 0. The quantitative estimate of drug-likeness (QED) is 0.731. The van der Waals surface area contributed by atoms with Gasteiger partial charge >= 0.3 is 5.97 Å². The number of hydrogen-bond donors (Lipinski definition) is 2. The number of nitrogens with zero attached hydrogens (tertiary/aromatic N) is 1. The lowest BCUT2D eigenvalue weighted by Gasteiger charge is -2.14. The molecule has 0 aliphatic rings. The maximum Gasteiger partial charge on any atom is 0.358 e. The molecule has 94 valence electrons. The summed E-state index contributed by atoms with van der Waals surface area (Å²) in [5.74, 6) is 0.645. The fourth-order valence-corrected chi connectivity index (χ4v) is 1.17. The van der Waals surface area contributed by atoms with E-state index in [-0.39, 0.29) is 18.0 Å². The number of carbonyl (C=O) groups excluding carboxylic acids is 1. The number of nitrogens with one attached hydrogen (secondary N) is 1. The highest BCUT2D eigenvalue weighted by atomic mass is 16.5. The Bertz CT molecular complexity index is 493. The molecule has 6 nitrogen and oxygen atoms in total. The van der Waals surface area contributed by atoms with Gasteiger partial charge < -0.3 is 15.2 Å². The molecule has 0 saturated carbocycles. The van der Waals surface area contributed by atoms with Crippen molar-refractivity contribution >= 4 is 11.9 Å². The molecular formula is C12H12N2O4. The molecule has 0 bridgehead atoms. The van der Waals surface area contributed by atoms with Crippen LogP contribution >= 0.6 is 0 Å². The number of aromatic carboxylic acids is 1. The first kappa shape index (κ1) is 13.5. The van der Waals surface area contributed by atoms with Crippen LogP contribution in [0.15, 0.2) is 18.3 Å². The van der Waals surface area contributed by atoms with Crippen LogP contribution in [-0.2, 0) is 4.79 Å². The topological polar surface area (TPSA) is 88.5 Å². The van der Waals surface area contributed by atoms with Gasteiger partial charge in [-0.15, -0.1) is 6.42 Å². The summed E-state index contributed by atoms with van der Waals surface area (Å²) in [6.45, 7) is 1.58. The largest absolute Gasteiger partial charge is 0.478 e. The second-order valence-electron chi connectivity index (χ2n) is 3.34. The van der Waals surface area contributed by atoms with Gasteiger partial charge in [0.05, 0.1) is 6.54 Å². The van der Waals surface area contributed by atoms with Gasteiger partial charge in [0, 0.05) is 6.20 Å². The predicted molar refractivity (Wildman–Crippen MR) is 63.1 cm³/mol. The van der Waals surface area contributed by atoms with Gasteiger partial charge in [-0.1, -0.05) is 5.92 Å². The molecular weight excluding hydrogens is 236 g/mol. The van der Waals surface area contributed by atoms with Gasteiger partial charge in [-0.3, -0.25) is 4.79 Å². The number of rotatable bonds is 5. The maximum absolute atomic E-state index is 11.5. The van der Waals surface area contributed by atoms with E-state index in [1.165, 1.54) is 25.3 Å². The molecule has 0 fully saturated rings. The van der Waals surface area contributed by atoms with Crippen LogP contribution in [0.4, 0.5) is 0 Å². The molecule has 1 atom stereocenters. The van der Waals surface area contributed by atoms with Gasteiger partial charge in [-0.25, -0.2) is 9.78 Å². The number of carboxylic acid groups (broad SMARTS) is 1. The van der Waals surface area contributed by atoms with Gasteiger partial charge in [0.1, 0.15) is 0 Å². The Morgan fingerprint density at radius 2 is 2.39 bits per heavy atom. The summed E-state index contributed by atoms with van der Waals surface area (Å²) in [7, 11) is 0. The molecule has 0 spiro atoms. The molecule has 0 aromatic carbocycles. The highest BCUT2D eigenvalue weighted by molar-refractivity contribution is 5.88. The highest BCUT2D eigenvalue weighted by Crippen LogP contribution is 2.16. The van der Waals surface area contributed by atoms with Crippen LogP contribution in [0, 0.1) is 12.3 Å². The number of amides is 1. The van der Waals surface area contributed by atoms with Gasteiger partial charge in [0.15, 0.2) is 17.5 Å². The van der Waals surface area contributed by atoms with Crippen molar-refractivity contribution < 1.29 is 19.4 Å². The first-order valence-corrected chi connectivity index (χ1v) is 5.12. The monoisotopic (exact) mass is 248 g/mol. The summed E-state index contributed by atoms with van der Waals surface area (Å²) in [4.78, 5) is 26.0. The van der Waals surface area contributed by atoms with Gasteiger partial charge in [-0.2, -0.15) is 0 Å². The van der Waals surface area contributed by atoms with Crippen LogP contribution in [0.3, 0.4) is 0 Å². The molecule has 1 heterocycles. The maximum atomic E-state index is 11.5. The molecule has 1 amide bonds. The Balaban J connectivity index is 2.76. The average molecular weight is 248 g/mol. The smallest absolute Gasteiger partial charge is 0.358 e. The van der Waals surface area contributed by atoms with E-state index in [1.807, 2.05) is 0 Å². The second kappa shape index (κ2) is 6.25. The molecule has 6 heteroatoms. The van der Waals surface area contributed by atoms with Crippen molar-refractivity contribution in [1.29, 1.82) is 0 Å². The van der Waals surface area contributed by atoms with E-state index in [2.05, 4.69) is 16.2 Å². The molecule has 18 heavy (non-hydrogen) atoms. The van der Waals surface area contributed by atoms with E-state index < -0.39 is 18.0 Å². The zero-order chi connectivity index (χ0) is 13.5. The molecule has 0 aliphatic heterocycles. The minimum atomic E-state index is -1.22. The lowest BCUT2D eigenvalue weighted by molar-refractivity contribution is -0.127. The van der Waals surface area contributed by atoms with Crippen molar-refractivity contribution in [3.63, 3.8) is 0 Å². The van der Waals surface area contributed by atoms with Crippen molar-refractivity contribution in [2.75, 3.05) is 6.54 Å². The van der Waals surface area contributed by atoms with E-state index in [4.69, 9.17) is 16.3 Å². The van der Waals surface area contributed by atoms with Crippen LogP contribution in [0.5, 0.6) is 5.75 Å². The van der Waals surface area contributed by atoms with E-state index in [1.54, 1.807) is 0 Å². The van der Waals surface area contributed by atoms with E-state index in [0.29, 0.717) is 0 Å². The molecule has 2 N–H and O–H groups in total. The molecule has 1 aromatic heterocycles. The number of ether oxygens (including phenoxy) is 1. The van der Waals surface area contributed by atoms with E-state index >= 15 is 0 Å². The number of hydrogen-bond acceptors (Lipinski definition) is 4. The third-order valence-corrected chi connectivity index (χ3v) is 2.01. The predicted octanol–water partition coefficient (Wildman–Crippen LogP) is 0.296.